The summed E-state index contributed by atoms with van der Waals surface area (Å²) in [7, 11) is 2.08. The lowest BCUT2D eigenvalue weighted by molar-refractivity contribution is 0.0664. The Kier molecular flexibility index (Phi) is 6.68. The van der Waals surface area contributed by atoms with Gasteiger partial charge in [0.25, 0.3) is 5.91 Å². The molecule has 7 nitrogen and oxygen atoms in total. The summed E-state index contributed by atoms with van der Waals surface area (Å²) in [5.74, 6) is 2.32. The Bertz CT molecular complexity index is 1270. The number of ether oxygens (including phenoxy) is 1. The van der Waals surface area contributed by atoms with Gasteiger partial charge in [-0.1, -0.05) is 30.3 Å². The number of nitrogens with zero attached hydrogens (tertiary/aromatic N) is 4. The molecule has 1 fully saturated rings. The molecule has 35 heavy (non-hydrogen) atoms. The highest BCUT2D eigenvalue weighted by Gasteiger charge is 2.20. The molecule has 1 saturated heterocycles. The molecule has 176 valence electrons. The molecular formula is C28H27N5O2. The standard InChI is InChI=1S/C28H27N5O2/c1-32-15-17-33(18-16-32)28(34)22-9-7-21(8-10-22)26-19-27(30-20-29-26)31-23-11-13-25(14-12-23)35-24-5-3-2-4-6-24/h2-14,19-20H,15-18H2,1H3,(H,29,30,31). The third-order valence-electron chi connectivity index (χ3n) is 5.99. The van der Waals surface area contributed by atoms with Crippen LogP contribution in [0.25, 0.3) is 11.3 Å². The second-order valence-corrected chi connectivity index (χ2v) is 8.53. The van der Waals surface area contributed by atoms with E-state index in [2.05, 4.69) is 27.2 Å². The average molecular weight is 466 g/mol. The molecule has 1 aliphatic heterocycles. The van der Waals surface area contributed by atoms with E-state index in [0.29, 0.717) is 11.4 Å². The Morgan fingerprint density at radius 2 is 1.51 bits per heavy atom. The summed E-state index contributed by atoms with van der Waals surface area (Å²) in [6.45, 7) is 3.33. The minimum atomic E-state index is 0.0781. The SMILES string of the molecule is CN1CCN(C(=O)c2ccc(-c3cc(Nc4ccc(Oc5ccccc5)cc4)ncn3)cc2)CC1. The first-order valence-electron chi connectivity index (χ1n) is 11.6. The number of hydrogen-bond acceptors (Lipinski definition) is 6. The second kappa shape index (κ2) is 10.4. The first kappa shape index (κ1) is 22.6. The fraction of sp³-hybridized carbons (Fsp3) is 0.179. The topological polar surface area (TPSA) is 70.6 Å². The first-order chi connectivity index (χ1) is 17.1. The predicted octanol–water partition coefficient (Wildman–Crippen LogP) is 5.07. The fourth-order valence-electron chi connectivity index (χ4n) is 3.94. The number of hydrogen-bond donors (Lipinski definition) is 1. The molecule has 0 bridgehead atoms. The Morgan fingerprint density at radius 1 is 0.829 bits per heavy atom. The maximum absolute atomic E-state index is 12.8. The van der Waals surface area contributed by atoms with E-state index in [-0.39, 0.29) is 5.91 Å². The maximum atomic E-state index is 12.8. The number of aromatic nitrogens is 2. The maximum Gasteiger partial charge on any atom is 0.253 e. The van der Waals surface area contributed by atoms with Crippen molar-refractivity contribution < 1.29 is 9.53 Å². The Morgan fingerprint density at radius 3 is 2.23 bits per heavy atom. The number of nitrogens with one attached hydrogen (secondary N) is 1. The van der Waals surface area contributed by atoms with Gasteiger partial charge in [-0.25, -0.2) is 9.97 Å². The van der Waals surface area contributed by atoms with Crippen molar-refractivity contribution in [2.24, 2.45) is 0 Å². The van der Waals surface area contributed by atoms with Gasteiger partial charge in [0.2, 0.25) is 0 Å². The van der Waals surface area contributed by atoms with Crippen molar-refractivity contribution in [1.82, 2.24) is 19.8 Å². The molecule has 2 heterocycles. The molecule has 1 aliphatic rings. The molecule has 0 unspecified atom stereocenters. The highest BCUT2D eigenvalue weighted by atomic mass is 16.5. The minimum absolute atomic E-state index is 0.0781. The lowest BCUT2D eigenvalue weighted by Gasteiger charge is -2.32. The summed E-state index contributed by atoms with van der Waals surface area (Å²) in [5.41, 5.74) is 3.30. The van der Waals surface area contributed by atoms with Crippen molar-refractivity contribution in [3.05, 3.63) is 96.8 Å². The van der Waals surface area contributed by atoms with E-state index in [1.807, 2.05) is 89.8 Å². The van der Waals surface area contributed by atoms with Crippen molar-refractivity contribution in [3.63, 3.8) is 0 Å². The molecular weight excluding hydrogens is 438 g/mol. The van der Waals surface area contributed by atoms with Gasteiger partial charge in [-0.15, -0.1) is 0 Å². The number of amides is 1. The third kappa shape index (κ3) is 5.65. The molecule has 0 radical (unpaired) electrons. The molecule has 1 amide bonds. The zero-order chi connectivity index (χ0) is 24.0. The number of rotatable bonds is 6. The van der Waals surface area contributed by atoms with Gasteiger partial charge in [0.1, 0.15) is 23.6 Å². The van der Waals surface area contributed by atoms with Gasteiger partial charge in [-0.05, 0) is 55.6 Å². The fourth-order valence-corrected chi connectivity index (χ4v) is 3.94. The molecule has 4 aromatic rings. The summed E-state index contributed by atoms with van der Waals surface area (Å²) < 4.78 is 5.85. The molecule has 5 rings (SSSR count). The lowest BCUT2D eigenvalue weighted by atomic mass is 10.1. The van der Waals surface area contributed by atoms with E-state index in [0.717, 1.165) is 54.6 Å². The molecule has 0 atom stereocenters. The number of anilines is 2. The zero-order valence-electron chi connectivity index (χ0n) is 19.6. The van der Waals surface area contributed by atoms with Crippen LogP contribution in [-0.4, -0.2) is 58.9 Å². The van der Waals surface area contributed by atoms with E-state index < -0.39 is 0 Å². The van der Waals surface area contributed by atoms with Gasteiger partial charge >= 0.3 is 0 Å². The van der Waals surface area contributed by atoms with Crippen LogP contribution in [0.5, 0.6) is 11.5 Å². The summed E-state index contributed by atoms with van der Waals surface area (Å²) in [6.07, 6.45) is 1.54. The normalized spacial score (nSPS) is 13.9. The van der Waals surface area contributed by atoms with Gasteiger partial charge in [0.15, 0.2) is 0 Å². The molecule has 3 aromatic carbocycles. The molecule has 1 aromatic heterocycles. The van der Waals surface area contributed by atoms with Gasteiger partial charge in [-0.2, -0.15) is 0 Å². The van der Waals surface area contributed by atoms with E-state index in [9.17, 15) is 4.79 Å². The van der Waals surface area contributed by atoms with E-state index in [1.54, 1.807) is 0 Å². The van der Waals surface area contributed by atoms with Gasteiger partial charge in [-0.3, -0.25) is 4.79 Å². The Balaban J connectivity index is 1.24. The van der Waals surface area contributed by atoms with Crippen LogP contribution in [-0.2, 0) is 0 Å². The second-order valence-electron chi connectivity index (χ2n) is 8.53. The van der Waals surface area contributed by atoms with Crippen LogP contribution >= 0.6 is 0 Å². The smallest absolute Gasteiger partial charge is 0.253 e. The highest BCUT2D eigenvalue weighted by molar-refractivity contribution is 5.94. The molecule has 7 heteroatoms. The number of para-hydroxylation sites is 1. The number of likely N-dealkylation sites (N-methyl/N-ethyl adjacent to an activating group) is 1. The van der Waals surface area contributed by atoms with E-state index >= 15 is 0 Å². The number of carbonyl (C=O) groups excluding carboxylic acids is 1. The highest BCUT2D eigenvalue weighted by Crippen LogP contribution is 2.25. The van der Waals surface area contributed by atoms with Crippen LogP contribution in [0.2, 0.25) is 0 Å². The van der Waals surface area contributed by atoms with Crippen molar-refractivity contribution in [1.29, 1.82) is 0 Å². The quantitative estimate of drug-likeness (QED) is 0.429. The Hall–Kier alpha value is -4.23. The largest absolute Gasteiger partial charge is 0.457 e. The average Bonchev–Trinajstić information content (AvgIpc) is 2.91. The predicted molar refractivity (Wildman–Crippen MR) is 137 cm³/mol. The summed E-state index contributed by atoms with van der Waals surface area (Å²) in [6, 6.07) is 26.9. The molecule has 0 spiro atoms. The van der Waals surface area contributed by atoms with Crippen LogP contribution in [0.3, 0.4) is 0 Å². The van der Waals surface area contributed by atoms with Crippen molar-refractivity contribution in [2.45, 2.75) is 0 Å². The molecule has 0 aliphatic carbocycles. The summed E-state index contributed by atoms with van der Waals surface area (Å²) >= 11 is 0. The first-order valence-corrected chi connectivity index (χ1v) is 11.6. The van der Waals surface area contributed by atoms with Gasteiger partial charge in [0.05, 0.1) is 5.69 Å². The lowest BCUT2D eigenvalue weighted by Crippen LogP contribution is -2.47. The minimum Gasteiger partial charge on any atom is -0.457 e. The zero-order valence-corrected chi connectivity index (χ0v) is 19.6. The van der Waals surface area contributed by atoms with Gasteiger partial charge < -0.3 is 19.9 Å². The van der Waals surface area contributed by atoms with E-state index in [4.69, 9.17) is 4.74 Å². The monoisotopic (exact) mass is 465 g/mol. The van der Waals surface area contributed by atoms with Crippen LogP contribution in [0.4, 0.5) is 11.5 Å². The molecule has 0 saturated carbocycles. The summed E-state index contributed by atoms with van der Waals surface area (Å²) in [4.78, 5) is 25.7. The number of carbonyl (C=O) groups is 1. The van der Waals surface area contributed by atoms with Gasteiger partial charge in [0, 0.05) is 49.1 Å². The van der Waals surface area contributed by atoms with Crippen molar-refractivity contribution in [3.8, 4) is 22.8 Å². The van der Waals surface area contributed by atoms with Crippen LogP contribution in [0, 0.1) is 0 Å². The third-order valence-corrected chi connectivity index (χ3v) is 5.99. The van der Waals surface area contributed by atoms with Crippen LogP contribution < -0.4 is 10.1 Å². The summed E-state index contributed by atoms with van der Waals surface area (Å²) in [5, 5.41) is 3.31. The Labute approximate surface area is 205 Å². The van der Waals surface area contributed by atoms with E-state index in [1.165, 1.54) is 6.33 Å². The van der Waals surface area contributed by atoms with Crippen LogP contribution in [0.15, 0.2) is 91.3 Å². The van der Waals surface area contributed by atoms with Crippen molar-refractivity contribution >= 4 is 17.4 Å². The number of piperazine rings is 1. The number of benzene rings is 3. The molecule has 1 N–H and O–H groups in total. The van der Waals surface area contributed by atoms with Crippen molar-refractivity contribution in [2.75, 3.05) is 38.5 Å². The van der Waals surface area contributed by atoms with Crippen LogP contribution in [0.1, 0.15) is 10.4 Å².